The SMILES string of the molecule is CC1CCCc2cccc[n+]2CCCC(C)Cc2ccc(cc2)C1. The van der Waals surface area contributed by atoms with Crippen molar-refractivity contribution in [3.63, 3.8) is 0 Å². The molecule has 3 heterocycles. The summed E-state index contributed by atoms with van der Waals surface area (Å²) in [6.45, 7) is 5.96. The van der Waals surface area contributed by atoms with Crippen LogP contribution < -0.4 is 4.57 Å². The summed E-state index contributed by atoms with van der Waals surface area (Å²) in [5.41, 5.74) is 4.51. The van der Waals surface area contributed by atoms with Gasteiger partial charge in [0.15, 0.2) is 11.9 Å². The van der Waals surface area contributed by atoms with Gasteiger partial charge < -0.3 is 0 Å². The van der Waals surface area contributed by atoms with E-state index in [4.69, 9.17) is 0 Å². The molecular formula is C23H32N+. The monoisotopic (exact) mass is 322 g/mol. The summed E-state index contributed by atoms with van der Waals surface area (Å²) in [6, 6.07) is 16.1. The van der Waals surface area contributed by atoms with Crippen LogP contribution in [-0.4, -0.2) is 0 Å². The van der Waals surface area contributed by atoms with Crippen LogP contribution in [-0.2, 0) is 25.8 Å². The first kappa shape index (κ1) is 17.2. The zero-order valence-electron chi connectivity index (χ0n) is 15.4. The smallest absolute Gasteiger partial charge is 0.181 e. The molecule has 2 bridgehead atoms. The third kappa shape index (κ3) is 4.93. The minimum absolute atomic E-state index is 0.760. The predicted octanol–water partition coefficient (Wildman–Crippen LogP) is 5.15. The average molecular weight is 323 g/mol. The van der Waals surface area contributed by atoms with Crippen molar-refractivity contribution in [3.05, 3.63) is 65.5 Å². The number of aryl methyl sites for hydroxylation is 2. The molecule has 0 saturated heterocycles. The van der Waals surface area contributed by atoms with Crippen LogP contribution in [0.3, 0.4) is 0 Å². The molecule has 128 valence electrons. The summed E-state index contributed by atoms with van der Waals surface area (Å²) in [7, 11) is 0. The van der Waals surface area contributed by atoms with Gasteiger partial charge in [0, 0.05) is 25.0 Å². The molecule has 4 rings (SSSR count). The summed E-state index contributed by atoms with van der Waals surface area (Å²) in [5, 5.41) is 0. The van der Waals surface area contributed by atoms with Gasteiger partial charge in [-0.05, 0) is 55.1 Å². The van der Waals surface area contributed by atoms with Gasteiger partial charge in [-0.2, -0.15) is 0 Å². The van der Waals surface area contributed by atoms with Crippen LogP contribution in [0.15, 0.2) is 48.7 Å². The molecule has 0 saturated carbocycles. The van der Waals surface area contributed by atoms with Gasteiger partial charge in [0.05, 0.1) is 0 Å². The van der Waals surface area contributed by atoms with E-state index in [-0.39, 0.29) is 0 Å². The highest BCUT2D eigenvalue weighted by molar-refractivity contribution is 5.23. The van der Waals surface area contributed by atoms with Crippen LogP contribution in [0.1, 0.15) is 56.4 Å². The lowest BCUT2D eigenvalue weighted by Gasteiger charge is -2.14. The van der Waals surface area contributed by atoms with E-state index in [2.05, 4.69) is 67.1 Å². The van der Waals surface area contributed by atoms with Crippen LogP contribution >= 0.6 is 0 Å². The van der Waals surface area contributed by atoms with E-state index in [1.165, 1.54) is 61.8 Å². The molecule has 2 aliphatic heterocycles. The Hall–Kier alpha value is -1.63. The average Bonchev–Trinajstić information content (AvgIpc) is 2.57. The van der Waals surface area contributed by atoms with Crippen molar-refractivity contribution in [1.82, 2.24) is 0 Å². The van der Waals surface area contributed by atoms with Gasteiger partial charge in [0.1, 0.15) is 6.54 Å². The molecule has 2 atom stereocenters. The normalized spacial score (nSPS) is 22.9. The summed E-state index contributed by atoms with van der Waals surface area (Å²) in [5.74, 6) is 1.52. The van der Waals surface area contributed by atoms with Gasteiger partial charge >= 0.3 is 0 Å². The minimum Gasteiger partial charge on any atom is -0.202 e. The van der Waals surface area contributed by atoms with Crippen molar-refractivity contribution in [2.24, 2.45) is 11.8 Å². The van der Waals surface area contributed by atoms with Crippen LogP contribution in [0.25, 0.3) is 0 Å². The number of benzene rings is 1. The summed E-state index contributed by atoms with van der Waals surface area (Å²) in [4.78, 5) is 0. The predicted molar refractivity (Wildman–Crippen MR) is 101 cm³/mol. The van der Waals surface area contributed by atoms with E-state index in [1.807, 2.05) is 0 Å². The Morgan fingerprint density at radius 2 is 1.42 bits per heavy atom. The van der Waals surface area contributed by atoms with Crippen LogP contribution in [0.4, 0.5) is 0 Å². The molecule has 0 fully saturated rings. The second kappa shape index (κ2) is 8.46. The van der Waals surface area contributed by atoms with Crippen LogP contribution in [0.5, 0.6) is 0 Å². The fourth-order valence-electron chi connectivity index (χ4n) is 4.02. The van der Waals surface area contributed by atoms with E-state index in [0.717, 1.165) is 18.4 Å². The maximum absolute atomic E-state index is 2.48. The molecule has 24 heavy (non-hydrogen) atoms. The topological polar surface area (TPSA) is 3.88 Å². The molecule has 0 N–H and O–H groups in total. The molecule has 1 aromatic carbocycles. The summed E-state index contributed by atoms with van der Waals surface area (Å²) in [6.07, 6.45) is 11.1. The first-order valence-electron chi connectivity index (χ1n) is 9.76. The number of hydrogen-bond donors (Lipinski definition) is 0. The maximum atomic E-state index is 2.48. The Morgan fingerprint density at radius 1 is 0.792 bits per heavy atom. The van der Waals surface area contributed by atoms with Crippen molar-refractivity contribution in [2.75, 3.05) is 0 Å². The molecule has 1 aromatic heterocycles. The van der Waals surface area contributed by atoms with Crippen molar-refractivity contribution >= 4 is 0 Å². The molecule has 0 aliphatic carbocycles. The zero-order valence-corrected chi connectivity index (χ0v) is 15.4. The zero-order chi connectivity index (χ0) is 16.8. The lowest BCUT2D eigenvalue weighted by molar-refractivity contribution is -0.704. The number of rotatable bonds is 0. The van der Waals surface area contributed by atoms with Gasteiger partial charge in [-0.15, -0.1) is 0 Å². The number of pyridine rings is 1. The Labute approximate surface area is 147 Å². The number of fused-ring (bicyclic) bond motifs is 10. The highest BCUT2D eigenvalue weighted by Gasteiger charge is 2.13. The van der Waals surface area contributed by atoms with Crippen molar-refractivity contribution in [1.29, 1.82) is 0 Å². The quantitative estimate of drug-likeness (QED) is 0.591. The third-order valence-corrected chi connectivity index (χ3v) is 5.45. The van der Waals surface area contributed by atoms with Crippen molar-refractivity contribution < 1.29 is 4.57 Å². The van der Waals surface area contributed by atoms with E-state index >= 15 is 0 Å². The molecule has 2 aromatic rings. The fraction of sp³-hybridized carbons (Fsp3) is 0.522. The Balaban J connectivity index is 1.74. The Morgan fingerprint density at radius 3 is 2.08 bits per heavy atom. The maximum Gasteiger partial charge on any atom is 0.181 e. The van der Waals surface area contributed by atoms with E-state index in [0.29, 0.717) is 0 Å². The largest absolute Gasteiger partial charge is 0.202 e. The Kier molecular flexibility index (Phi) is 6.07. The van der Waals surface area contributed by atoms with Crippen molar-refractivity contribution in [2.45, 2.75) is 65.3 Å². The second-order valence-electron chi connectivity index (χ2n) is 7.85. The molecule has 1 heteroatoms. The van der Waals surface area contributed by atoms with Gasteiger partial charge in [-0.25, -0.2) is 4.57 Å². The van der Waals surface area contributed by atoms with Crippen molar-refractivity contribution in [3.8, 4) is 0 Å². The Bertz CT molecular complexity index is 573. The van der Waals surface area contributed by atoms with Gasteiger partial charge in [0.2, 0.25) is 0 Å². The van der Waals surface area contributed by atoms with Crippen LogP contribution in [0, 0.1) is 11.8 Å². The first-order chi connectivity index (χ1) is 11.7. The number of nitrogens with zero attached hydrogens (tertiary/aromatic N) is 1. The van der Waals surface area contributed by atoms with Crippen LogP contribution in [0.2, 0.25) is 0 Å². The molecule has 2 unspecified atom stereocenters. The number of aromatic nitrogens is 1. The molecule has 0 radical (unpaired) electrons. The van der Waals surface area contributed by atoms with Gasteiger partial charge in [-0.3, -0.25) is 0 Å². The summed E-state index contributed by atoms with van der Waals surface area (Å²) < 4.78 is 2.48. The lowest BCUT2D eigenvalue weighted by Crippen LogP contribution is -2.38. The fourth-order valence-corrected chi connectivity index (χ4v) is 4.02. The third-order valence-electron chi connectivity index (χ3n) is 5.45. The van der Waals surface area contributed by atoms with E-state index in [1.54, 1.807) is 0 Å². The number of hydrogen-bond acceptors (Lipinski definition) is 0. The molecule has 0 spiro atoms. The van der Waals surface area contributed by atoms with E-state index < -0.39 is 0 Å². The van der Waals surface area contributed by atoms with E-state index in [9.17, 15) is 0 Å². The first-order valence-corrected chi connectivity index (χ1v) is 9.76. The summed E-state index contributed by atoms with van der Waals surface area (Å²) >= 11 is 0. The molecule has 0 amide bonds. The molecule has 2 aliphatic rings. The van der Waals surface area contributed by atoms with Gasteiger partial charge in [0.25, 0.3) is 0 Å². The second-order valence-corrected chi connectivity index (χ2v) is 7.85. The minimum atomic E-state index is 0.760. The highest BCUT2D eigenvalue weighted by atomic mass is 14.9. The highest BCUT2D eigenvalue weighted by Crippen LogP contribution is 2.19. The standard InChI is InChI=1S/C23H32N/c1-19-7-5-10-23-9-3-4-15-24(23)16-6-8-20(2)18-22-13-11-21(17-19)12-14-22/h3-4,9,11-15,19-20H,5-8,10,16-18H2,1-2H3/q+1. The molecular weight excluding hydrogens is 290 g/mol. The lowest BCUT2D eigenvalue weighted by atomic mass is 9.92. The molecule has 1 nitrogen and oxygen atoms in total. The van der Waals surface area contributed by atoms with Gasteiger partial charge in [-0.1, -0.05) is 44.2 Å².